The van der Waals surface area contributed by atoms with E-state index in [1.54, 1.807) is 54.2 Å². The van der Waals surface area contributed by atoms with Crippen LogP contribution in [0.1, 0.15) is 67.8 Å². The molecule has 6 rings (SSSR count). The Morgan fingerprint density at radius 1 is 0.667 bits per heavy atom. The van der Waals surface area contributed by atoms with E-state index in [1.807, 2.05) is 0 Å². The van der Waals surface area contributed by atoms with Crippen molar-refractivity contribution in [1.29, 1.82) is 0 Å². The average molecular weight is 561 g/mol. The van der Waals surface area contributed by atoms with Crippen molar-refractivity contribution in [3.05, 3.63) is 112 Å². The van der Waals surface area contributed by atoms with Gasteiger partial charge in [0.15, 0.2) is 0 Å². The molecule has 42 heavy (non-hydrogen) atoms. The van der Waals surface area contributed by atoms with E-state index >= 15 is 0 Å². The van der Waals surface area contributed by atoms with Gasteiger partial charge in [-0.25, -0.2) is 0 Å². The molecule has 0 aliphatic carbocycles. The van der Waals surface area contributed by atoms with Crippen molar-refractivity contribution in [3.8, 4) is 0 Å². The predicted molar refractivity (Wildman–Crippen MR) is 151 cm³/mol. The van der Waals surface area contributed by atoms with Gasteiger partial charge in [0, 0.05) is 23.9 Å². The fraction of sp³-hybridized carbons (Fsp3) is 0.0333. The van der Waals surface area contributed by atoms with E-state index in [0.29, 0.717) is 22.9 Å². The molecule has 6 amide bonds. The fourth-order valence-corrected chi connectivity index (χ4v) is 4.56. The van der Waals surface area contributed by atoms with Gasteiger partial charge in [-0.15, -0.1) is 0 Å². The Hall–Kier alpha value is -6.17. The van der Waals surface area contributed by atoms with E-state index in [-0.39, 0.29) is 33.4 Å². The molecule has 0 atom stereocenters. The highest BCUT2D eigenvalue weighted by Gasteiger charge is 2.28. The van der Waals surface area contributed by atoms with Gasteiger partial charge in [0.05, 0.1) is 39.8 Å². The summed E-state index contributed by atoms with van der Waals surface area (Å²) in [5, 5.41) is 9.93. The third-order valence-electron chi connectivity index (χ3n) is 6.87. The number of carbonyl (C=O) groups excluding carboxylic acids is 6. The number of anilines is 2. The molecule has 0 unspecified atom stereocenters. The summed E-state index contributed by atoms with van der Waals surface area (Å²) in [7, 11) is 1.75. The number of benzene rings is 3. The van der Waals surface area contributed by atoms with Gasteiger partial charge >= 0.3 is 0 Å². The molecule has 0 saturated heterocycles. The first-order valence-electron chi connectivity index (χ1n) is 12.6. The lowest BCUT2D eigenvalue weighted by molar-refractivity contribution is 0.0863. The molecular weight excluding hydrogens is 540 g/mol. The number of aromatic nitrogens is 1. The number of fused-ring (bicyclic) bond motifs is 2. The lowest BCUT2D eigenvalue weighted by atomic mass is 10.1. The quantitative estimate of drug-likeness (QED) is 0.209. The van der Waals surface area contributed by atoms with Crippen LogP contribution in [0, 0.1) is 0 Å². The lowest BCUT2D eigenvalue weighted by Crippen LogP contribution is -2.20. The van der Waals surface area contributed by atoms with Crippen LogP contribution in [0.5, 0.6) is 0 Å². The minimum Gasteiger partial charge on any atom is -0.330 e. The smallest absolute Gasteiger partial charge is 0.258 e. The van der Waals surface area contributed by atoms with Gasteiger partial charge in [-0.05, 0) is 72.8 Å². The zero-order valence-corrected chi connectivity index (χ0v) is 21.8. The van der Waals surface area contributed by atoms with E-state index in [4.69, 9.17) is 0 Å². The van der Waals surface area contributed by atoms with E-state index in [0.717, 1.165) is 0 Å². The highest BCUT2D eigenvalue weighted by atomic mass is 16.2. The second-order valence-corrected chi connectivity index (χ2v) is 9.50. The van der Waals surface area contributed by atoms with Gasteiger partial charge in [0.1, 0.15) is 5.82 Å². The van der Waals surface area contributed by atoms with Crippen LogP contribution in [-0.4, -0.2) is 46.2 Å². The number of rotatable bonds is 6. The lowest BCUT2D eigenvalue weighted by Gasteiger charge is -2.08. The standard InChI is InChI=1S/C30H20N6O6/c1-36-19(8-11-24(36)33-26(38)16-3-10-21-23(13-16)30(42)35-28(21)40)14-31-17-4-6-18(7-5-17)32-25(37)15-2-9-20-22(12-15)29(41)34-27(20)39/h2-14H,1H3,(H,32,37)(H,33,38)(H,34,39,41)(H,35,40,42). The van der Waals surface area contributed by atoms with Crippen LogP contribution in [-0.2, 0) is 7.05 Å². The van der Waals surface area contributed by atoms with Crippen LogP contribution in [0.15, 0.2) is 77.8 Å². The number of carbonyl (C=O) groups is 6. The first-order chi connectivity index (χ1) is 20.2. The Morgan fingerprint density at radius 3 is 1.76 bits per heavy atom. The molecule has 1 aromatic heterocycles. The number of nitrogens with zero attached hydrogens (tertiary/aromatic N) is 2. The molecule has 2 aliphatic heterocycles. The fourth-order valence-electron chi connectivity index (χ4n) is 4.56. The molecular formula is C30H20N6O6. The highest BCUT2D eigenvalue weighted by molar-refractivity contribution is 6.23. The van der Waals surface area contributed by atoms with Gasteiger partial charge in [0.2, 0.25) is 0 Å². The summed E-state index contributed by atoms with van der Waals surface area (Å²) in [4.78, 5) is 77.1. The molecule has 0 radical (unpaired) electrons. The van der Waals surface area contributed by atoms with Crippen LogP contribution >= 0.6 is 0 Å². The molecule has 0 spiro atoms. The summed E-state index contributed by atoms with van der Waals surface area (Å²) in [6.45, 7) is 0. The number of aliphatic imine (C=N–C) groups is 1. The molecule has 3 heterocycles. The molecule has 0 fully saturated rings. The summed E-state index contributed by atoms with van der Waals surface area (Å²) in [6.07, 6.45) is 1.62. The van der Waals surface area contributed by atoms with E-state index < -0.39 is 35.4 Å². The van der Waals surface area contributed by atoms with E-state index in [2.05, 4.69) is 26.3 Å². The molecule has 4 aromatic rings. The van der Waals surface area contributed by atoms with Crippen molar-refractivity contribution < 1.29 is 28.8 Å². The molecule has 3 aromatic carbocycles. The number of amides is 6. The van der Waals surface area contributed by atoms with Crippen molar-refractivity contribution in [1.82, 2.24) is 15.2 Å². The monoisotopic (exact) mass is 560 g/mol. The summed E-state index contributed by atoms with van der Waals surface area (Å²) < 4.78 is 1.73. The Bertz CT molecular complexity index is 1900. The Kier molecular flexibility index (Phi) is 6.27. The summed E-state index contributed by atoms with van der Waals surface area (Å²) >= 11 is 0. The Labute approximate surface area is 237 Å². The van der Waals surface area contributed by atoms with Crippen molar-refractivity contribution in [2.45, 2.75) is 0 Å². The SMILES string of the molecule is Cn1c(C=Nc2ccc(NC(=O)c3ccc4c(c3)C(=O)NC4=O)cc2)ccc1NC(=O)c1ccc2c(c1)C(=O)NC2=O. The van der Waals surface area contributed by atoms with Crippen molar-refractivity contribution in [2.75, 3.05) is 10.6 Å². The average Bonchev–Trinajstić information content (AvgIpc) is 3.59. The van der Waals surface area contributed by atoms with Crippen molar-refractivity contribution in [3.63, 3.8) is 0 Å². The zero-order valence-electron chi connectivity index (χ0n) is 21.8. The molecule has 206 valence electrons. The first kappa shape index (κ1) is 26.1. The normalized spacial score (nSPS) is 13.5. The number of imide groups is 2. The zero-order chi connectivity index (χ0) is 29.5. The van der Waals surface area contributed by atoms with Gasteiger partial charge in [-0.2, -0.15) is 0 Å². The third kappa shape index (κ3) is 4.73. The second kappa shape index (κ2) is 10.1. The largest absolute Gasteiger partial charge is 0.330 e. The maximum Gasteiger partial charge on any atom is 0.258 e. The Balaban J connectivity index is 1.09. The number of hydrogen-bond acceptors (Lipinski definition) is 7. The van der Waals surface area contributed by atoms with Crippen molar-refractivity contribution in [2.24, 2.45) is 12.0 Å². The van der Waals surface area contributed by atoms with Crippen molar-refractivity contribution >= 4 is 58.9 Å². The molecule has 2 aliphatic rings. The molecule has 12 heteroatoms. The van der Waals surface area contributed by atoms with Gasteiger partial charge in [-0.3, -0.25) is 44.4 Å². The molecule has 0 saturated carbocycles. The predicted octanol–water partition coefficient (Wildman–Crippen LogP) is 3.05. The van der Waals surface area contributed by atoms with Crippen LogP contribution < -0.4 is 21.3 Å². The second-order valence-electron chi connectivity index (χ2n) is 9.50. The summed E-state index contributed by atoms with van der Waals surface area (Å²) in [6, 6.07) is 18.9. The Morgan fingerprint density at radius 2 is 1.19 bits per heavy atom. The number of nitrogens with one attached hydrogen (secondary N) is 4. The van der Waals surface area contributed by atoms with E-state index in [9.17, 15) is 28.8 Å². The topological polar surface area (TPSA) is 168 Å². The minimum absolute atomic E-state index is 0.160. The summed E-state index contributed by atoms with van der Waals surface area (Å²) in [5.41, 5.74) is 3.08. The van der Waals surface area contributed by atoms with Crippen LogP contribution in [0.2, 0.25) is 0 Å². The first-order valence-corrected chi connectivity index (χ1v) is 12.6. The minimum atomic E-state index is -0.536. The molecule has 4 N–H and O–H groups in total. The van der Waals surface area contributed by atoms with Crippen LogP contribution in [0.25, 0.3) is 0 Å². The maximum atomic E-state index is 12.8. The van der Waals surface area contributed by atoms with Gasteiger partial charge in [0.25, 0.3) is 35.4 Å². The van der Waals surface area contributed by atoms with Gasteiger partial charge in [-0.1, -0.05) is 0 Å². The molecule has 12 nitrogen and oxygen atoms in total. The third-order valence-corrected chi connectivity index (χ3v) is 6.87. The van der Waals surface area contributed by atoms with Gasteiger partial charge < -0.3 is 15.2 Å². The van der Waals surface area contributed by atoms with Crippen LogP contribution in [0.3, 0.4) is 0 Å². The van der Waals surface area contributed by atoms with E-state index in [1.165, 1.54) is 36.4 Å². The molecule has 0 bridgehead atoms. The van der Waals surface area contributed by atoms with Crippen LogP contribution in [0.4, 0.5) is 17.2 Å². The summed E-state index contributed by atoms with van der Waals surface area (Å²) in [5.74, 6) is -2.42. The highest BCUT2D eigenvalue weighted by Crippen LogP contribution is 2.22. The number of hydrogen-bond donors (Lipinski definition) is 4. The maximum absolute atomic E-state index is 12.8.